The van der Waals surface area contributed by atoms with Gasteiger partial charge in [0.2, 0.25) is 0 Å². The second-order valence-corrected chi connectivity index (χ2v) is 5.98. The summed E-state index contributed by atoms with van der Waals surface area (Å²) >= 11 is 1.63. The van der Waals surface area contributed by atoms with Crippen molar-refractivity contribution in [3.05, 3.63) is 58.6 Å². The molecule has 0 saturated carbocycles. The number of benzene rings is 1. The van der Waals surface area contributed by atoms with Gasteiger partial charge in [0.1, 0.15) is 10.7 Å². The molecule has 0 saturated heterocycles. The zero-order chi connectivity index (χ0) is 14.8. The summed E-state index contributed by atoms with van der Waals surface area (Å²) in [5, 5.41) is 3.04. The molecule has 3 rings (SSSR count). The lowest BCUT2D eigenvalue weighted by molar-refractivity contribution is 1.07. The number of hydrogen-bond acceptors (Lipinski definition) is 4. The van der Waals surface area contributed by atoms with Crippen molar-refractivity contribution in [1.82, 2.24) is 9.97 Å². The Bertz CT molecular complexity index is 760. The van der Waals surface area contributed by atoms with Crippen LogP contribution < -0.4 is 5.73 Å². The van der Waals surface area contributed by atoms with Crippen LogP contribution in [0.4, 0.5) is 0 Å². The number of nitrogens with zero attached hydrogens (tertiary/aromatic N) is 2. The Morgan fingerprint density at radius 1 is 1.14 bits per heavy atom. The average Bonchev–Trinajstić information content (AvgIpc) is 2.97. The summed E-state index contributed by atoms with van der Waals surface area (Å²) in [5.74, 6) is 0. The Morgan fingerprint density at radius 3 is 2.57 bits per heavy atom. The van der Waals surface area contributed by atoms with Crippen molar-refractivity contribution in [3.8, 4) is 22.0 Å². The lowest BCUT2D eigenvalue weighted by atomic mass is 10.1. The normalized spacial score (nSPS) is 10.8. The average molecular weight is 295 g/mol. The molecule has 1 aromatic carbocycles. The van der Waals surface area contributed by atoms with Gasteiger partial charge in [-0.25, -0.2) is 4.98 Å². The molecule has 0 aliphatic carbocycles. The first-order valence-electron chi connectivity index (χ1n) is 6.86. The van der Waals surface area contributed by atoms with E-state index in [-0.39, 0.29) is 0 Å². The van der Waals surface area contributed by atoms with Gasteiger partial charge in [0.15, 0.2) is 0 Å². The summed E-state index contributed by atoms with van der Waals surface area (Å²) in [6, 6.07) is 10.4. The molecule has 0 atom stereocenters. The third-order valence-corrected chi connectivity index (χ3v) is 4.26. The van der Waals surface area contributed by atoms with Gasteiger partial charge in [-0.3, -0.25) is 4.98 Å². The zero-order valence-electron chi connectivity index (χ0n) is 12.1. The van der Waals surface area contributed by atoms with Crippen molar-refractivity contribution in [1.29, 1.82) is 0 Å². The van der Waals surface area contributed by atoms with E-state index in [0.29, 0.717) is 6.54 Å². The number of hydrogen-bond donors (Lipinski definition) is 1. The van der Waals surface area contributed by atoms with Gasteiger partial charge in [0.25, 0.3) is 0 Å². The SMILES string of the molecule is Cc1cnc(-c2nc(-c3ccc(CN)cc3)cs2)c(C)c1. The first-order valence-corrected chi connectivity index (χ1v) is 7.74. The topological polar surface area (TPSA) is 51.8 Å². The molecular formula is C17H17N3S. The lowest BCUT2D eigenvalue weighted by Crippen LogP contribution is -1.95. The molecule has 0 aliphatic rings. The number of pyridine rings is 1. The van der Waals surface area contributed by atoms with E-state index < -0.39 is 0 Å². The van der Waals surface area contributed by atoms with Crippen molar-refractivity contribution in [2.45, 2.75) is 20.4 Å². The van der Waals surface area contributed by atoms with Gasteiger partial charge in [0.05, 0.1) is 5.69 Å². The molecule has 2 N–H and O–H groups in total. The molecule has 0 aliphatic heterocycles. The summed E-state index contributed by atoms with van der Waals surface area (Å²) in [7, 11) is 0. The van der Waals surface area contributed by atoms with Gasteiger partial charge < -0.3 is 5.73 Å². The van der Waals surface area contributed by atoms with E-state index in [1.165, 1.54) is 5.56 Å². The van der Waals surface area contributed by atoms with Crippen LogP contribution in [-0.2, 0) is 6.54 Å². The highest BCUT2D eigenvalue weighted by Gasteiger charge is 2.10. The molecule has 0 radical (unpaired) electrons. The molecule has 2 heterocycles. The minimum atomic E-state index is 0.565. The maximum Gasteiger partial charge on any atom is 0.142 e. The number of thiazole rings is 1. The van der Waals surface area contributed by atoms with E-state index in [0.717, 1.165) is 33.1 Å². The van der Waals surface area contributed by atoms with Crippen molar-refractivity contribution in [3.63, 3.8) is 0 Å². The smallest absolute Gasteiger partial charge is 0.142 e. The molecule has 106 valence electrons. The Kier molecular flexibility index (Phi) is 3.82. The Morgan fingerprint density at radius 2 is 1.90 bits per heavy atom. The third kappa shape index (κ3) is 2.86. The van der Waals surface area contributed by atoms with E-state index in [1.54, 1.807) is 11.3 Å². The van der Waals surface area contributed by atoms with Gasteiger partial charge in [-0.2, -0.15) is 0 Å². The largest absolute Gasteiger partial charge is 0.326 e. The molecule has 3 aromatic rings. The van der Waals surface area contributed by atoms with Gasteiger partial charge in [-0.05, 0) is 30.5 Å². The summed E-state index contributed by atoms with van der Waals surface area (Å²) in [4.78, 5) is 9.24. The maximum absolute atomic E-state index is 5.63. The fourth-order valence-corrected chi connectivity index (χ4v) is 3.15. The van der Waals surface area contributed by atoms with Crippen molar-refractivity contribution < 1.29 is 0 Å². The second-order valence-electron chi connectivity index (χ2n) is 5.12. The number of aromatic nitrogens is 2. The molecule has 0 bridgehead atoms. The summed E-state index contributed by atoms with van der Waals surface area (Å²) in [5.41, 5.74) is 12.2. The van der Waals surface area contributed by atoms with Crippen molar-refractivity contribution >= 4 is 11.3 Å². The third-order valence-electron chi connectivity index (χ3n) is 3.41. The van der Waals surface area contributed by atoms with Crippen LogP contribution in [-0.4, -0.2) is 9.97 Å². The zero-order valence-corrected chi connectivity index (χ0v) is 12.9. The van der Waals surface area contributed by atoms with Crippen molar-refractivity contribution in [2.24, 2.45) is 5.73 Å². The Balaban J connectivity index is 1.95. The number of rotatable bonds is 3. The molecule has 0 amide bonds. The fourth-order valence-electron chi connectivity index (χ4n) is 2.27. The van der Waals surface area contributed by atoms with Gasteiger partial charge in [-0.15, -0.1) is 11.3 Å². The van der Waals surface area contributed by atoms with Crippen LogP contribution in [0, 0.1) is 13.8 Å². The standard InChI is InChI=1S/C17H17N3S/c1-11-7-12(2)16(19-9-11)17-20-15(10-21-17)14-5-3-13(8-18)4-6-14/h3-7,9-10H,8,18H2,1-2H3. The van der Waals surface area contributed by atoms with Gasteiger partial charge >= 0.3 is 0 Å². The number of nitrogens with two attached hydrogens (primary N) is 1. The van der Waals surface area contributed by atoms with E-state index in [9.17, 15) is 0 Å². The molecule has 21 heavy (non-hydrogen) atoms. The molecule has 2 aromatic heterocycles. The first-order chi connectivity index (χ1) is 10.2. The first kappa shape index (κ1) is 13.9. The predicted octanol–water partition coefficient (Wildman–Crippen LogP) is 3.95. The van der Waals surface area contributed by atoms with Crippen LogP contribution in [0.1, 0.15) is 16.7 Å². The van der Waals surface area contributed by atoms with E-state index in [1.807, 2.05) is 18.3 Å². The molecular weight excluding hydrogens is 278 g/mol. The molecule has 0 fully saturated rings. The highest BCUT2D eigenvalue weighted by atomic mass is 32.1. The van der Waals surface area contributed by atoms with Crippen LogP contribution in [0.3, 0.4) is 0 Å². The highest BCUT2D eigenvalue weighted by molar-refractivity contribution is 7.13. The molecule has 0 spiro atoms. The second kappa shape index (κ2) is 5.76. The molecule has 4 heteroatoms. The monoisotopic (exact) mass is 295 g/mol. The highest BCUT2D eigenvalue weighted by Crippen LogP contribution is 2.29. The predicted molar refractivity (Wildman–Crippen MR) is 88.1 cm³/mol. The van der Waals surface area contributed by atoms with Gasteiger partial charge in [-0.1, -0.05) is 30.3 Å². The summed E-state index contributed by atoms with van der Waals surface area (Å²) < 4.78 is 0. The van der Waals surface area contributed by atoms with E-state index >= 15 is 0 Å². The van der Waals surface area contributed by atoms with Crippen LogP contribution >= 0.6 is 11.3 Å². The molecule has 0 unspecified atom stereocenters. The van der Waals surface area contributed by atoms with Crippen LogP contribution in [0.25, 0.3) is 22.0 Å². The Labute approximate surface area is 128 Å². The van der Waals surface area contributed by atoms with Crippen LogP contribution in [0.15, 0.2) is 41.9 Å². The van der Waals surface area contributed by atoms with Crippen LogP contribution in [0.2, 0.25) is 0 Å². The van der Waals surface area contributed by atoms with E-state index in [4.69, 9.17) is 10.7 Å². The maximum atomic E-state index is 5.63. The van der Waals surface area contributed by atoms with Crippen LogP contribution in [0.5, 0.6) is 0 Å². The van der Waals surface area contributed by atoms with Crippen molar-refractivity contribution in [2.75, 3.05) is 0 Å². The number of aryl methyl sites for hydroxylation is 2. The minimum Gasteiger partial charge on any atom is -0.326 e. The van der Waals surface area contributed by atoms with E-state index in [2.05, 4.69) is 42.4 Å². The minimum absolute atomic E-state index is 0.565. The quantitative estimate of drug-likeness (QED) is 0.796. The summed E-state index contributed by atoms with van der Waals surface area (Å²) in [6.45, 7) is 4.69. The molecule has 3 nitrogen and oxygen atoms in total. The lowest BCUT2D eigenvalue weighted by Gasteiger charge is -2.02. The van der Waals surface area contributed by atoms with Gasteiger partial charge in [0, 0.05) is 23.7 Å². The Hall–Kier alpha value is -2.04. The fraction of sp³-hybridized carbons (Fsp3) is 0.176. The summed E-state index contributed by atoms with van der Waals surface area (Å²) in [6.07, 6.45) is 1.89.